The van der Waals surface area contributed by atoms with Gasteiger partial charge in [-0.15, -0.1) is 0 Å². The molecule has 0 bridgehead atoms. The van der Waals surface area contributed by atoms with Crippen molar-refractivity contribution in [2.24, 2.45) is 7.05 Å². The summed E-state index contributed by atoms with van der Waals surface area (Å²) in [5.74, 6) is 0.169. The van der Waals surface area contributed by atoms with Gasteiger partial charge in [-0.1, -0.05) is 0 Å². The van der Waals surface area contributed by atoms with Gasteiger partial charge in [-0.25, -0.2) is 0 Å². The normalized spacial score (nSPS) is 19.4. The third kappa shape index (κ3) is 3.03. The van der Waals surface area contributed by atoms with Crippen molar-refractivity contribution in [3.8, 4) is 0 Å². The molecule has 1 fully saturated rings. The zero-order valence-corrected chi connectivity index (χ0v) is 12.7. The molecule has 0 aliphatic carbocycles. The zero-order chi connectivity index (χ0) is 14.7. The number of aryl methyl sites for hydroxylation is 2. The molecule has 2 rings (SSSR count). The molecule has 5 nitrogen and oxygen atoms in total. The van der Waals surface area contributed by atoms with Crippen LogP contribution in [0.25, 0.3) is 0 Å². The van der Waals surface area contributed by atoms with Gasteiger partial charge in [0.1, 0.15) is 0 Å². The largest absolute Gasteiger partial charge is 0.396 e. The monoisotopic (exact) mass is 279 g/mol. The second-order valence-corrected chi connectivity index (χ2v) is 5.70. The van der Waals surface area contributed by atoms with E-state index in [2.05, 4.69) is 5.10 Å². The molecule has 0 radical (unpaired) electrons. The summed E-state index contributed by atoms with van der Waals surface area (Å²) in [6.45, 7) is 4.93. The Labute approximate surface area is 120 Å². The summed E-state index contributed by atoms with van der Waals surface area (Å²) in [6.07, 6.45) is 4.35. The van der Waals surface area contributed by atoms with Gasteiger partial charge < -0.3 is 10.0 Å². The number of amides is 1. The minimum absolute atomic E-state index is 0.152. The first-order chi connectivity index (χ1) is 9.54. The molecule has 1 saturated heterocycles. The van der Waals surface area contributed by atoms with Gasteiger partial charge in [0.2, 0.25) is 5.91 Å². The number of piperidine rings is 1. The molecule has 1 aromatic heterocycles. The number of aliphatic hydroxyl groups excluding tert-OH is 1. The molecule has 0 aromatic carbocycles. The minimum Gasteiger partial charge on any atom is -0.396 e. The second kappa shape index (κ2) is 6.39. The van der Waals surface area contributed by atoms with Gasteiger partial charge in [0, 0.05) is 37.5 Å². The molecule has 0 saturated carbocycles. The number of rotatable bonds is 4. The fourth-order valence-corrected chi connectivity index (χ4v) is 3.10. The Hall–Kier alpha value is -1.36. The molecule has 1 aliphatic heterocycles. The SMILES string of the molecule is Cc1nn(C)c(C)c1CC(=O)N1CCCCC1CCO. The molecule has 1 atom stereocenters. The number of aliphatic hydroxyl groups is 1. The maximum atomic E-state index is 12.6. The van der Waals surface area contributed by atoms with Crippen molar-refractivity contribution in [1.29, 1.82) is 0 Å². The Morgan fingerprint density at radius 1 is 1.40 bits per heavy atom. The van der Waals surface area contributed by atoms with Crippen LogP contribution in [0, 0.1) is 13.8 Å². The maximum Gasteiger partial charge on any atom is 0.227 e. The van der Waals surface area contributed by atoms with E-state index >= 15 is 0 Å². The standard InChI is InChI=1S/C15H25N3O2/c1-11-14(12(2)17(3)16-11)10-15(20)18-8-5-4-6-13(18)7-9-19/h13,19H,4-10H2,1-3H3. The first-order valence-corrected chi connectivity index (χ1v) is 7.44. The van der Waals surface area contributed by atoms with E-state index in [-0.39, 0.29) is 18.6 Å². The van der Waals surface area contributed by atoms with E-state index in [1.54, 1.807) is 0 Å². The van der Waals surface area contributed by atoms with E-state index in [0.29, 0.717) is 12.8 Å². The number of hydrogen-bond acceptors (Lipinski definition) is 3. The number of carbonyl (C=O) groups is 1. The van der Waals surface area contributed by atoms with Crippen LogP contribution in [0.2, 0.25) is 0 Å². The fraction of sp³-hybridized carbons (Fsp3) is 0.733. The highest BCUT2D eigenvalue weighted by Gasteiger charge is 2.27. The van der Waals surface area contributed by atoms with Crippen LogP contribution in [0.5, 0.6) is 0 Å². The Balaban J connectivity index is 2.10. The smallest absolute Gasteiger partial charge is 0.227 e. The van der Waals surface area contributed by atoms with E-state index < -0.39 is 0 Å². The number of likely N-dealkylation sites (tertiary alicyclic amines) is 1. The van der Waals surface area contributed by atoms with Crippen molar-refractivity contribution in [2.45, 2.75) is 52.0 Å². The number of aromatic nitrogens is 2. The van der Waals surface area contributed by atoms with Crippen LogP contribution in [0.3, 0.4) is 0 Å². The highest BCUT2D eigenvalue weighted by molar-refractivity contribution is 5.79. The van der Waals surface area contributed by atoms with Crippen molar-refractivity contribution >= 4 is 5.91 Å². The summed E-state index contributed by atoms with van der Waals surface area (Å²) < 4.78 is 1.83. The number of nitrogens with zero attached hydrogens (tertiary/aromatic N) is 3. The van der Waals surface area contributed by atoms with Gasteiger partial charge in [0.15, 0.2) is 0 Å². The highest BCUT2D eigenvalue weighted by Crippen LogP contribution is 2.22. The van der Waals surface area contributed by atoms with Crippen LogP contribution in [-0.4, -0.2) is 44.9 Å². The van der Waals surface area contributed by atoms with Crippen LogP contribution in [0.1, 0.15) is 42.6 Å². The summed E-state index contributed by atoms with van der Waals surface area (Å²) >= 11 is 0. The lowest BCUT2D eigenvalue weighted by atomic mass is 9.98. The maximum absolute atomic E-state index is 12.6. The summed E-state index contributed by atoms with van der Waals surface area (Å²) in [6, 6.07) is 0.207. The van der Waals surface area contributed by atoms with E-state index in [1.165, 1.54) is 0 Å². The zero-order valence-electron chi connectivity index (χ0n) is 12.7. The van der Waals surface area contributed by atoms with E-state index in [4.69, 9.17) is 5.11 Å². The lowest BCUT2D eigenvalue weighted by Crippen LogP contribution is -2.45. The molecule has 0 spiro atoms. The first-order valence-electron chi connectivity index (χ1n) is 7.44. The van der Waals surface area contributed by atoms with Crippen molar-refractivity contribution in [3.05, 3.63) is 17.0 Å². The molecule has 1 unspecified atom stereocenters. The number of carbonyl (C=O) groups excluding carboxylic acids is 1. The number of hydrogen-bond donors (Lipinski definition) is 1. The van der Waals surface area contributed by atoms with Crippen LogP contribution >= 0.6 is 0 Å². The van der Waals surface area contributed by atoms with Crippen LogP contribution < -0.4 is 0 Å². The highest BCUT2D eigenvalue weighted by atomic mass is 16.3. The Kier molecular flexibility index (Phi) is 4.81. The molecule has 20 heavy (non-hydrogen) atoms. The molecule has 1 amide bonds. The van der Waals surface area contributed by atoms with Crippen molar-refractivity contribution in [1.82, 2.24) is 14.7 Å². The Morgan fingerprint density at radius 3 is 2.75 bits per heavy atom. The predicted molar refractivity (Wildman–Crippen MR) is 77.4 cm³/mol. The van der Waals surface area contributed by atoms with Gasteiger partial charge in [-0.2, -0.15) is 5.10 Å². The minimum atomic E-state index is 0.152. The molecule has 2 heterocycles. The summed E-state index contributed by atoms with van der Waals surface area (Å²) in [5, 5.41) is 13.5. The third-order valence-corrected chi connectivity index (χ3v) is 4.40. The summed E-state index contributed by atoms with van der Waals surface area (Å²) in [7, 11) is 1.91. The van der Waals surface area contributed by atoms with Gasteiger partial charge in [0.05, 0.1) is 12.1 Å². The van der Waals surface area contributed by atoms with Crippen molar-refractivity contribution < 1.29 is 9.90 Å². The summed E-state index contributed by atoms with van der Waals surface area (Å²) in [5.41, 5.74) is 3.05. The molecule has 1 aromatic rings. The third-order valence-electron chi connectivity index (χ3n) is 4.40. The second-order valence-electron chi connectivity index (χ2n) is 5.70. The van der Waals surface area contributed by atoms with Gasteiger partial charge in [-0.3, -0.25) is 9.48 Å². The van der Waals surface area contributed by atoms with E-state index in [9.17, 15) is 4.79 Å². The Bertz CT molecular complexity index is 480. The lowest BCUT2D eigenvalue weighted by Gasteiger charge is -2.35. The predicted octanol–water partition coefficient (Wildman–Crippen LogP) is 1.34. The average molecular weight is 279 g/mol. The molecule has 1 aliphatic rings. The quantitative estimate of drug-likeness (QED) is 0.905. The van der Waals surface area contributed by atoms with Crippen molar-refractivity contribution in [3.63, 3.8) is 0 Å². The van der Waals surface area contributed by atoms with Crippen LogP contribution in [0.4, 0.5) is 0 Å². The Morgan fingerprint density at radius 2 is 2.15 bits per heavy atom. The molecule has 112 valence electrons. The van der Waals surface area contributed by atoms with Crippen LogP contribution in [0.15, 0.2) is 0 Å². The van der Waals surface area contributed by atoms with Crippen molar-refractivity contribution in [2.75, 3.05) is 13.2 Å². The van der Waals surface area contributed by atoms with Gasteiger partial charge in [-0.05, 0) is 39.5 Å². The first kappa shape index (κ1) is 15.0. The molecule has 1 N–H and O–H groups in total. The molecular formula is C15H25N3O2. The van der Waals surface area contributed by atoms with Gasteiger partial charge in [0.25, 0.3) is 0 Å². The fourth-order valence-electron chi connectivity index (χ4n) is 3.10. The van der Waals surface area contributed by atoms with Gasteiger partial charge >= 0.3 is 0 Å². The van der Waals surface area contributed by atoms with E-state index in [1.807, 2.05) is 30.5 Å². The van der Waals surface area contributed by atoms with E-state index in [0.717, 1.165) is 42.8 Å². The lowest BCUT2D eigenvalue weighted by molar-refractivity contribution is -0.134. The average Bonchev–Trinajstić information content (AvgIpc) is 2.66. The molecule has 5 heteroatoms. The topological polar surface area (TPSA) is 58.4 Å². The molecular weight excluding hydrogens is 254 g/mol. The van der Waals surface area contributed by atoms with Crippen LogP contribution in [-0.2, 0) is 18.3 Å². The summed E-state index contributed by atoms with van der Waals surface area (Å²) in [4.78, 5) is 14.5.